The van der Waals surface area contributed by atoms with E-state index in [0.29, 0.717) is 17.9 Å². The second kappa shape index (κ2) is 17.4. The number of carbonyl (C=O) groups excluding carboxylic acids is 4. The molecule has 296 valence electrons. The van der Waals surface area contributed by atoms with Crippen molar-refractivity contribution >= 4 is 23.9 Å². The van der Waals surface area contributed by atoms with Gasteiger partial charge < -0.3 is 38.6 Å². The van der Waals surface area contributed by atoms with E-state index in [9.17, 15) is 29.4 Å². The normalized spacial score (nSPS) is 28.4. The molecule has 2 aliphatic heterocycles. The fraction of sp³-hybridized carbons (Fsp3) is 0.590. The molecule has 3 N–H and O–H groups in total. The molecule has 1 aromatic carbocycles. The zero-order valence-electron chi connectivity index (χ0n) is 32.2. The first-order valence-electron chi connectivity index (χ1n) is 18.1. The van der Waals surface area contributed by atoms with Crippen molar-refractivity contribution in [3.05, 3.63) is 71.8 Å². The van der Waals surface area contributed by atoms with Gasteiger partial charge in [0.25, 0.3) is 5.60 Å². The van der Waals surface area contributed by atoms with Gasteiger partial charge in [0, 0.05) is 25.3 Å². The largest absolute Gasteiger partial charge is 0.467 e. The van der Waals surface area contributed by atoms with Crippen LogP contribution in [0.15, 0.2) is 54.6 Å². The first kappa shape index (κ1) is 42.3. The van der Waals surface area contributed by atoms with E-state index in [1.807, 2.05) is 44.2 Å². The Kier molecular flexibility index (Phi) is 13.6. The number of aromatic nitrogens is 3. The second-order valence-corrected chi connectivity index (χ2v) is 14.4. The van der Waals surface area contributed by atoms with Gasteiger partial charge in [-0.3, -0.25) is 9.89 Å². The van der Waals surface area contributed by atoms with Crippen LogP contribution in [0.25, 0.3) is 0 Å². The van der Waals surface area contributed by atoms with Crippen LogP contribution in [0.3, 0.4) is 0 Å². The standard InChI is InChI=1S/C39H53N3O12/c1-10-22(2)20-23(3)16-17-29(44)52-32-31(45)37(19-18-24(4)30(51-27(7)43)25(5)21-28-14-12-11-13-15-28)53-33(34-40-26(6)41-42-34)38(48,35(46)49-8)39(32,54-37)36(47)50-9/h11-17,22-23,25,30-33,45,48H,4,10,18-21H2,1-3,5-9H3,(H,40,41,42)/b17-16+/t22-,23+,25+,30+,31+,32+,33+,37+,38+,39+/m0/s1. The Bertz CT molecular complexity index is 1700. The number of aromatic amines is 1. The third-order valence-electron chi connectivity index (χ3n) is 10.3. The molecule has 0 radical (unpaired) electrons. The van der Waals surface area contributed by atoms with E-state index >= 15 is 0 Å². The van der Waals surface area contributed by atoms with Crippen molar-refractivity contribution in [2.45, 2.75) is 115 Å². The molecule has 1 aromatic heterocycles. The summed E-state index contributed by atoms with van der Waals surface area (Å²) in [5.74, 6) is -6.62. The molecule has 0 amide bonds. The summed E-state index contributed by atoms with van der Waals surface area (Å²) in [4.78, 5) is 57.9. The smallest absolute Gasteiger partial charge is 0.346 e. The van der Waals surface area contributed by atoms with Gasteiger partial charge in [0.2, 0.25) is 11.4 Å². The number of hydrogen-bond donors (Lipinski definition) is 3. The highest BCUT2D eigenvalue weighted by Gasteiger charge is 2.85. The topological polar surface area (TPSA) is 206 Å². The summed E-state index contributed by atoms with van der Waals surface area (Å²) in [7, 11) is 1.93. The summed E-state index contributed by atoms with van der Waals surface area (Å²) < 4.78 is 34.2. The maximum Gasteiger partial charge on any atom is 0.346 e. The predicted molar refractivity (Wildman–Crippen MR) is 192 cm³/mol. The zero-order chi connectivity index (χ0) is 40.0. The van der Waals surface area contributed by atoms with Crippen molar-refractivity contribution in [1.29, 1.82) is 0 Å². The number of aliphatic hydroxyl groups is 2. The van der Waals surface area contributed by atoms with Gasteiger partial charge in [-0.2, -0.15) is 5.10 Å². The Morgan fingerprint density at radius 1 is 1.09 bits per heavy atom. The number of ether oxygens (including phenoxy) is 6. The van der Waals surface area contributed by atoms with Crippen LogP contribution in [0, 0.1) is 24.7 Å². The number of benzene rings is 1. The number of aliphatic hydroxyl groups excluding tert-OH is 1. The lowest BCUT2D eigenvalue weighted by molar-refractivity contribution is -0.384. The number of fused-ring (bicyclic) bond motifs is 2. The highest BCUT2D eigenvalue weighted by atomic mass is 16.8. The van der Waals surface area contributed by atoms with Gasteiger partial charge in [-0.1, -0.05) is 77.1 Å². The van der Waals surface area contributed by atoms with E-state index in [2.05, 4.69) is 35.6 Å². The molecule has 15 nitrogen and oxygen atoms in total. The summed E-state index contributed by atoms with van der Waals surface area (Å²) in [5, 5.41) is 31.4. The van der Waals surface area contributed by atoms with Gasteiger partial charge in [-0.15, -0.1) is 0 Å². The van der Waals surface area contributed by atoms with Crippen molar-refractivity contribution in [2.75, 3.05) is 14.2 Å². The Hall–Kier alpha value is -4.44. The predicted octanol–water partition coefficient (Wildman–Crippen LogP) is 3.77. The van der Waals surface area contributed by atoms with Gasteiger partial charge >= 0.3 is 23.9 Å². The number of methoxy groups -OCH3 is 2. The van der Waals surface area contributed by atoms with Crippen molar-refractivity contribution in [1.82, 2.24) is 15.2 Å². The van der Waals surface area contributed by atoms with Gasteiger partial charge in [0.1, 0.15) is 18.0 Å². The number of hydrogen-bond acceptors (Lipinski definition) is 14. The first-order valence-corrected chi connectivity index (χ1v) is 18.1. The molecular weight excluding hydrogens is 702 g/mol. The molecule has 3 heterocycles. The molecule has 2 aromatic rings. The average Bonchev–Trinajstić information content (AvgIpc) is 3.67. The second-order valence-electron chi connectivity index (χ2n) is 14.4. The van der Waals surface area contributed by atoms with E-state index in [0.717, 1.165) is 38.7 Å². The van der Waals surface area contributed by atoms with Crippen LogP contribution in [-0.2, 0) is 54.0 Å². The number of esters is 4. The first-order chi connectivity index (χ1) is 25.5. The quantitative estimate of drug-likeness (QED) is 0.0910. The maximum absolute atomic E-state index is 14.1. The zero-order valence-corrected chi connectivity index (χ0v) is 32.2. The molecule has 54 heavy (non-hydrogen) atoms. The Morgan fingerprint density at radius 2 is 1.76 bits per heavy atom. The highest BCUT2D eigenvalue weighted by Crippen LogP contribution is 2.59. The Balaban J connectivity index is 1.80. The molecule has 10 atom stereocenters. The fourth-order valence-electron chi connectivity index (χ4n) is 7.35. The average molecular weight is 756 g/mol. The minimum atomic E-state index is -3.19. The van der Waals surface area contributed by atoms with E-state index in [4.69, 9.17) is 28.4 Å². The Labute approximate surface area is 315 Å². The summed E-state index contributed by atoms with van der Waals surface area (Å²) >= 11 is 0. The number of rotatable bonds is 17. The minimum absolute atomic E-state index is 0.0356. The van der Waals surface area contributed by atoms with Gasteiger partial charge in [-0.25, -0.2) is 19.4 Å². The Morgan fingerprint density at radius 3 is 2.33 bits per heavy atom. The molecule has 2 bridgehead atoms. The molecule has 0 spiro atoms. The molecule has 2 saturated heterocycles. The number of nitrogens with zero attached hydrogens (tertiary/aromatic N) is 2. The maximum atomic E-state index is 14.1. The van der Waals surface area contributed by atoms with E-state index in [1.54, 1.807) is 13.0 Å². The van der Waals surface area contributed by atoms with Crippen LogP contribution in [0.4, 0.5) is 0 Å². The lowest BCUT2D eigenvalue weighted by atomic mass is 9.74. The van der Waals surface area contributed by atoms with Crippen molar-refractivity contribution in [2.24, 2.45) is 17.8 Å². The van der Waals surface area contributed by atoms with Crippen molar-refractivity contribution < 1.29 is 57.8 Å². The number of carbonyl (C=O) groups is 4. The molecule has 2 aliphatic rings. The van der Waals surface area contributed by atoms with Crippen LogP contribution in [0.2, 0.25) is 0 Å². The summed E-state index contributed by atoms with van der Waals surface area (Å²) in [6, 6.07) is 9.59. The van der Waals surface area contributed by atoms with Gasteiger partial charge in [0.05, 0.1) is 14.2 Å². The van der Waals surface area contributed by atoms with E-state index < -0.39 is 65.3 Å². The molecule has 2 fully saturated rings. The summed E-state index contributed by atoms with van der Waals surface area (Å²) in [6.45, 7) is 15.0. The SMILES string of the molecule is C=C(CC[C@@]12O[C@H](c3n[nH]c(C)n3)[C@@](O)(C(=O)OC)[C@@](C(=O)OC)(O1)[C@H](OC(=O)/C=C/[C@@H](C)C[C@@H](C)CC)[C@H]2O)[C@@H](OC(C)=O)[C@H](C)Cc1ccccc1. The third-order valence-corrected chi connectivity index (χ3v) is 10.3. The van der Waals surface area contributed by atoms with Crippen LogP contribution in [0.5, 0.6) is 0 Å². The fourth-order valence-corrected chi connectivity index (χ4v) is 7.35. The summed E-state index contributed by atoms with van der Waals surface area (Å²) in [5.41, 5.74) is -4.76. The molecule has 0 aliphatic carbocycles. The van der Waals surface area contributed by atoms with Crippen molar-refractivity contribution in [3.63, 3.8) is 0 Å². The van der Waals surface area contributed by atoms with E-state index in [-0.39, 0.29) is 36.3 Å². The van der Waals surface area contributed by atoms with Gasteiger partial charge in [-0.05, 0) is 49.2 Å². The number of H-pyrrole nitrogens is 1. The van der Waals surface area contributed by atoms with Crippen molar-refractivity contribution in [3.8, 4) is 0 Å². The molecular formula is C39H53N3O12. The van der Waals surface area contributed by atoms with Crippen LogP contribution >= 0.6 is 0 Å². The molecule has 15 heteroatoms. The number of nitrogens with one attached hydrogen (secondary N) is 1. The van der Waals surface area contributed by atoms with Crippen LogP contribution in [-0.4, -0.2) is 98.8 Å². The lowest BCUT2D eigenvalue weighted by Gasteiger charge is -2.50. The lowest BCUT2D eigenvalue weighted by Crippen LogP contribution is -2.74. The molecule has 0 unspecified atom stereocenters. The third kappa shape index (κ3) is 8.28. The van der Waals surface area contributed by atoms with E-state index in [1.165, 1.54) is 6.92 Å². The monoisotopic (exact) mass is 755 g/mol. The van der Waals surface area contributed by atoms with Crippen LogP contribution in [0.1, 0.15) is 83.6 Å². The van der Waals surface area contributed by atoms with Crippen LogP contribution < -0.4 is 0 Å². The molecule has 0 saturated carbocycles. The highest BCUT2D eigenvalue weighted by molar-refractivity contribution is 5.95. The molecule has 4 rings (SSSR count). The minimum Gasteiger partial charge on any atom is -0.467 e. The number of aryl methyl sites for hydroxylation is 1. The van der Waals surface area contributed by atoms with Gasteiger partial charge in [0.15, 0.2) is 18.0 Å². The number of allylic oxidation sites excluding steroid dienone is 1. The summed E-state index contributed by atoms with van der Waals surface area (Å²) in [6.07, 6.45) is -2.22.